The van der Waals surface area contributed by atoms with Gasteiger partial charge in [-0.2, -0.15) is 0 Å². The number of rotatable bonds is 8. The molecule has 0 spiro atoms. The summed E-state index contributed by atoms with van der Waals surface area (Å²) in [5.41, 5.74) is 3.18. The van der Waals surface area contributed by atoms with Crippen molar-refractivity contribution in [3.63, 3.8) is 0 Å². The molecular weight excluding hydrogens is 471 g/mol. The molecule has 0 aromatic rings. The van der Waals surface area contributed by atoms with Crippen molar-refractivity contribution in [2.24, 2.45) is 0 Å². The van der Waals surface area contributed by atoms with Crippen LogP contribution in [-0.4, -0.2) is 0 Å². The Morgan fingerprint density at radius 2 is 1.04 bits per heavy atom. The summed E-state index contributed by atoms with van der Waals surface area (Å²) in [6.07, 6.45) is 22.6. The van der Waals surface area contributed by atoms with E-state index in [1.165, 1.54) is 38.5 Å². The monoisotopic (exact) mass is 510 g/mol. The fourth-order valence-corrected chi connectivity index (χ4v) is 7.60. The van der Waals surface area contributed by atoms with Crippen LogP contribution >= 0.6 is 0 Å². The molecule has 0 saturated carbocycles. The number of allylic oxidation sites excluding steroid dienone is 8. The third-order valence-corrected chi connectivity index (χ3v) is 18.2. The average molecular weight is 513 g/mol. The van der Waals surface area contributed by atoms with Gasteiger partial charge in [-0.05, 0) is 0 Å². The summed E-state index contributed by atoms with van der Waals surface area (Å²) >= 11 is -2.22. The van der Waals surface area contributed by atoms with Crippen LogP contribution in [0.15, 0.2) is 47.6 Å². The van der Waals surface area contributed by atoms with E-state index in [2.05, 4.69) is 82.7 Å². The molecule has 0 aliphatic heterocycles. The Labute approximate surface area is 180 Å². The predicted octanol–water partition coefficient (Wildman–Crippen LogP) is 9.13. The van der Waals surface area contributed by atoms with Crippen molar-refractivity contribution >= 4 is 0 Å². The van der Waals surface area contributed by atoms with E-state index in [1.807, 2.05) is 0 Å². The summed E-state index contributed by atoms with van der Waals surface area (Å²) in [5, 5.41) is 0. The van der Waals surface area contributed by atoms with E-state index in [0.29, 0.717) is 6.25 Å². The summed E-state index contributed by atoms with van der Waals surface area (Å²) in [6.45, 7) is 9.35. The van der Waals surface area contributed by atoms with E-state index < -0.39 is 43.5 Å². The Morgan fingerprint density at radius 1 is 0.692 bits per heavy atom. The van der Waals surface area contributed by atoms with Gasteiger partial charge in [0.15, 0.2) is 0 Å². The van der Waals surface area contributed by atoms with Crippen molar-refractivity contribution < 1.29 is 43.5 Å². The van der Waals surface area contributed by atoms with Crippen LogP contribution in [0.5, 0.6) is 0 Å². The van der Waals surface area contributed by atoms with Crippen molar-refractivity contribution in [1.29, 1.82) is 0 Å². The van der Waals surface area contributed by atoms with Gasteiger partial charge >= 0.3 is 182 Å². The predicted molar refractivity (Wildman–Crippen MR) is 114 cm³/mol. The Kier molecular flexibility index (Phi) is 11.1. The maximum absolute atomic E-state index is 2.54. The summed E-state index contributed by atoms with van der Waals surface area (Å²) < 4.78 is 11.0. The summed E-state index contributed by atoms with van der Waals surface area (Å²) in [7, 11) is 0. The molecule has 146 valence electrons. The van der Waals surface area contributed by atoms with Crippen LogP contribution in [0.25, 0.3) is 0 Å². The first-order valence-electron chi connectivity index (χ1n) is 10.6. The molecule has 0 heterocycles. The number of unbranched alkanes of at least 4 members (excludes halogenated alkanes) is 2. The van der Waals surface area contributed by atoms with Gasteiger partial charge < -0.3 is 0 Å². The zero-order valence-corrected chi connectivity index (χ0v) is 23.6. The van der Waals surface area contributed by atoms with E-state index in [0.717, 1.165) is 0 Å². The summed E-state index contributed by atoms with van der Waals surface area (Å²) in [4.78, 5) is 0. The Hall–Kier alpha value is 0.726. The van der Waals surface area contributed by atoms with Gasteiger partial charge in [0, 0.05) is 0 Å². The standard InChI is InChI=1S/2C10H15.4CH3.2Zr/c2*1-3-4-5-10-7-6-9(2)8-10;;;;;;/h2*6-8H,3-5H2,1-2H3;4*1H3;;. The molecule has 2 atom stereocenters. The molecular formula is C24H42Zr2. The van der Waals surface area contributed by atoms with E-state index in [1.54, 1.807) is 11.1 Å². The first-order valence-corrected chi connectivity index (χ1v) is 22.9. The van der Waals surface area contributed by atoms with Crippen LogP contribution in [-0.2, 0) is 43.5 Å². The van der Waals surface area contributed by atoms with Crippen LogP contribution < -0.4 is 0 Å². The minimum absolute atomic E-state index is 0.519. The first-order chi connectivity index (χ1) is 12.2. The van der Waals surface area contributed by atoms with Gasteiger partial charge in [0.05, 0.1) is 0 Å². The Bertz CT molecular complexity index is 501. The van der Waals surface area contributed by atoms with Gasteiger partial charge in [-0.1, -0.05) is 0 Å². The second-order valence-corrected chi connectivity index (χ2v) is 24.0. The maximum atomic E-state index is 2.54. The molecule has 0 N–H and O–H groups in total. The van der Waals surface area contributed by atoms with Gasteiger partial charge in [-0.25, -0.2) is 0 Å². The molecule has 0 radical (unpaired) electrons. The first kappa shape index (κ1) is 24.8. The number of hydrogen-bond acceptors (Lipinski definition) is 0. The normalized spacial score (nSPS) is 26.3. The van der Waals surface area contributed by atoms with Gasteiger partial charge in [0.2, 0.25) is 0 Å². The average Bonchev–Trinajstić information content (AvgIpc) is 3.17. The molecule has 0 aromatic heterocycles. The van der Waals surface area contributed by atoms with Gasteiger partial charge in [-0.15, -0.1) is 0 Å². The van der Waals surface area contributed by atoms with E-state index in [-0.39, 0.29) is 0 Å². The molecule has 2 aliphatic carbocycles. The van der Waals surface area contributed by atoms with Crippen LogP contribution in [0, 0.1) is 0 Å². The number of hydrogen-bond donors (Lipinski definition) is 0. The molecule has 0 saturated heterocycles. The quantitative estimate of drug-likeness (QED) is 0.304. The molecule has 0 fully saturated rings. The molecule has 2 heteroatoms. The van der Waals surface area contributed by atoms with Gasteiger partial charge in [0.25, 0.3) is 0 Å². The zero-order valence-electron chi connectivity index (χ0n) is 18.7. The fourth-order valence-electron chi connectivity index (χ4n) is 3.22. The molecule has 0 nitrogen and oxygen atoms in total. The van der Waals surface area contributed by atoms with Crippen molar-refractivity contribution in [3.05, 3.63) is 47.6 Å². The van der Waals surface area contributed by atoms with Crippen LogP contribution in [0.1, 0.15) is 66.2 Å². The molecule has 0 amide bonds. The third kappa shape index (κ3) is 7.62. The van der Waals surface area contributed by atoms with E-state index in [4.69, 9.17) is 0 Å². The van der Waals surface area contributed by atoms with Crippen molar-refractivity contribution in [2.45, 2.75) is 91.0 Å². The molecule has 0 aromatic carbocycles. The van der Waals surface area contributed by atoms with Crippen LogP contribution in [0.2, 0.25) is 24.8 Å². The van der Waals surface area contributed by atoms with Crippen molar-refractivity contribution in [1.82, 2.24) is 0 Å². The zero-order chi connectivity index (χ0) is 19.8. The summed E-state index contributed by atoms with van der Waals surface area (Å²) in [5.74, 6) is 0. The van der Waals surface area contributed by atoms with Gasteiger partial charge in [0.1, 0.15) is 0 Å². The molecule has 0 bridgehead atoms. The molecule has 2 unspecified atom stereocenters. The van der Waals surface area contributed by atoms with E-state index in [9.17, 15) is 0 Å². The fraction of sp³-hybridized carbons (Fsp3) is 0.667. The van der Waals surface area contributed by atoms with Gasteiger partial charge in [-0.3, -0.25) is 0 Å². The SMILES string of the molecule is CCCCC1=C[C](C)([Zr]([CH3])[CH3])C=C1.CCCCC1=C[C](C)([Zr]([CH3])[CH3])C=C1. The minimum atomic E-state index is -1.11. The summed E-state index contributed by atoms with van der Waals surface area (Å²) in [6, 6.07) is 0. The van der Waals surface area contributed by atoms with Crippen molar-refractivity contribution in [2.75, 3.05) is 0 Å². The second-order valence-electron chi connectivity index (χ2n) is 8.88. The second kappa shape index (κ2) is 11.7. The van der Waals surface area contributed by atoms with Crippen molar-refractivity contribution in [3.8, 4) is 0 Å². The topological polar surface area (TPSA) is 0 Å². The van der Waals surface area contributed by atoms with Crippen LogP contribution in [0.4, 0.5) is 0 Å². The van der Waals surface area contributed by atoms with Crippen LogP contribution in [0.3, 0.4) is 0 Å². The molecule has 2 rings (SSSR count). The van der Waals surface area contributed by atoms with E-state index >= 15 is 0 Å². The Balaban J connectivity index is 0.000000260. The third-order valence-electron chi connectivity index (χ3n) is 6.05. The Morgan fingerprint density at radius 3 is 1.27 bits per heavy atom. The molecule has 26 heavy (non-hydrogen) atoms. The molecule has 2 aliphatic rings.